The number of rotatable bonds is 4. The second-order valence-corrected chi connectivity index (χ2v) is 4.85. The Morgan fingerprint density at radius 1 is 1.16 bits per heavy atom. The highest BCUT2D eigenvalue weighted by Gasteiger charge is 2.09. The van der Waals surface area contributed by atoms with Crippen molar-refractivity contribution < 1.29 is 9.84 Å². The van der Waals surface area contributed by atoms with E-state index in [2.05, 4.69) is 15.9 Å². The molecular formula is C15H12BrNO2. The molecular weight excluding hydrogens is 306 g/mol. The van der Waals surface area contributed by atoms with Crippen molar-refractivity contribution in [2.24, 2.45) is 0 Å². The van der Waals surface area contributed by atoms with Gasteiger partial charge in [-0.2, -0.15) is 5.26 Å². The van der Waals surface area contributed by atoms with E-state index in [0.29, 0.717) is 11.3 Å². The smallest absolute Gasteiger partial charge is 0.133 e. The minimum atomic E-state index is -0.722. The van der Waals surface area contributed by atoms with E-state index in [4.69, 9.17) is 10.00 Å². The van der Waals surface area contributed by atoms with Gasteiger partial charge < -0.3 is 9.84 Å². The summed E-state index contributed by atoms with van der Waals surface area (Å²) in [4.78, 5) is 0. The number of aliphatic hydroxyl groups is 1. The highest BCUT2D eigenvalue weighted by Crippen LogP contribution is 2.25. The first-order chi connectivity index (χ1) is 9.20. The van der Waals surface area contributed by atoms with Crippen LogP contribution in [0, 0.1) is 11.3 Å². The van der Waals surface area contributed by atoms with Gasteiger partial charge in [0.1, 0.15) is 18.5 Å². The van der Waals surface area contributed by atoms with Gasteiger partial charge >= 0.3 is 0 Å². The maximum Gasteiger partial charge on any atom is 0.133 e. The summed E-state index contributed by atoms with van der Waals surface area (Å²) in [6.45, 7) is 0.161. The first kappa shape index (κ1) is 13.6. The average Bonchev–Trinajstić information content (AvgIpc) is 2.46. The fourth-order valence-corrected chi connectivity index (χ4v) is 2.01. The normalized spacial score (nSPS) is 11.6. The second-order valence-electron chi connectivity index (χ2n) is 3.99. The summed E-state index contributed by atoms with van der Waals surface area (Å²) in [6, 6.07) is 16.3. The van der Waals surface area contributed by atoms with Gasteiger partial charge in [-0.25, -0.2) is 0 Å². The molecule has 1 unspecified atom stereocenters. The van der Waals surface area contributed by atoms with Crippen LogP contribution < -0.4 is 4.74 Å². The Morgan fingerprint density at radius 2 is 1.84 bits per heavy atom. The van der Waals surface area contributed by atoms with E-state index < -0.39 is 6.10 Å². The van der Waals surface area contributed by atoms with Crippen molar-refractivity contribution >= 4 is 15.9 Å². The molecule has 2 aromatic carbocycles. The first-order valence-corrected chi connectivity index (χ1v) is 6.55. The Hall–Kier alpha value is -1.83. The Balaban J connectivity index is 1.99. The molecule has 4 heteroatoms. The molecule has 19 heavy (non-hydrogen) atoms. The van der Waals surface area contributed by atoms with Gasteiger partial charge in [-0.15, -0.1) is 0 Å². The molecule has 0 heterocycles. The van der Waals surface area contributed by atoms with Gasteiger partial charge in [0, 0.05) is 0 Å². The lowest BCUT2D eigenvalue weighted by molar-refractivity contribution is 0.108. The first-order valence-electron chi connectivity index (χ1n) is 5.76. The zero-order valence-corrected chi connectivity index (χ0v) is 11.7. The van der Waals surface area contributed by atoms with Crippen LogP contribution in [0.25, 0.3) is 0 Å². The van der Waals surface area contributed by atoms with E-state index in [1.807, 2.05) is 30.3 Å². The van der Waals surface area contributed by atoms with Gasteiger partial charge in [0.2, 0.25) is 0 Å². The van der Waals surface area contributed by atoms with Gasteiger partial charge in [-0.1, -0.05) is 24.3 Å². The monoisotopic (exact) mass is 317 g/mol. The molecule has 0 aliphatic carbocycles. The maximum absolute atomic E-state index is 10.0. The molecule has 96 valence electrons. The number of nitriles is 1. The van der Waals surface area contributed by atoms with E-state index in [0.717, 1.165) is 10.0 Å². The third-order valence-electron chi connectivity index (χ3n) is 2.66. The SMILES string of the molecule is N#Cc1ccc(C(O)COc2ccccc2Br)cc1. The van der Waals surface area contributed by atoms with Crippen LogP contribution in [0.3, 0.4) is 0 Å². The zero-order chi connectivity index (χ0) is 13.7. The van der Waals surface area contributed by atoms with E-state index in [9.17, 15) is 5.11 Å². The number of hydrogen-bond donors (Lipinski definition) is 1. The number of hydrogen-bond acceptors (Lipinski definition) is 3. The fourth-order valence-electron chi connectivity index (χ4n) is 1.61. The Bertz CT molecular complexity index is 590. The van der Waals surface area contributed by atoms with Crippen LogP contribution in [0.2, 0.25) is 0 Å². The molecule has 1 N–H and O–H groups in total. The summed E-state index contributed by atoms with van der Waals surface area (Å²) in [7, 11) is 0. The Labute approximate surface area is 120 Å². The highest BCUT2D eigenvalue weighted by molar-refractivity contribution is 9.10. The van der Waals surface area contributed by atoms with Crippen LogP contribution in [0.4, 0.5) is 0 Å². The number of ether oxygens (including phenoxy) is 1. The number of nitrogens with zero attached hydrogens (tertiary/aromatic N) is 1. The molecule has 3 nitrogen and oxygen atoms in total. The molecule has 0 radical (unpaired) electrons. The van der Waals surface area contributed by atoms with Gasteiger partial charge in [0.15, 0.2) is 0 Å². The molecule has 0 saturated heterocycles. The molecule has 0 fully saturated rings. The maximum atomic E-state index is 10.0. The summed E-state index contributed by atoms with van der Waals surface area (Å²) in [5, 5.41) is 18.7. The van der Waals surface area contributed by atoms with Crippen molar-refractivity contribution in [3.8, 4) is 11.8 Å². The van der Waals surface area contributed by atoms with E-state index in [1.165, 1.54) is 0 Å². The van der Waals surface area contributed by atoms with Crippen molar-refractivity contribution in [2.75, 3.05) is 6.61 Å². The summed E-state index contributed by atoms with van der Waals surface area (Å²) < 4.78 is 6.40. The summed E-state index contributed by atoms with van der Waals surface area (Å²) in [5.74, 6) is 0.690. The van der Waals surface area contributed by atoms with Crippen molar-refractivity contribution in [3.05, 3.63) is 64.1 Å². The van der Waals surface area contributed by atoms with Crippen LogP contribution in [0.15, 0.2) is 53.0 Å². The lowest BCUT2D eigenvalue weighted by Gasteiger charge is -2.13. The molecule has 0 aromatic heterocycles. The van der Waals surface area contributed by atoms with Gasteiger partial charge in [0.25, 0.3) is 0 Å². The molecule has 2 rings (SSSR count). The summed E-state index contributed by atoms with van der Waals surface area (Å²) in [6.07, 6.45) is -0.722. The fraction of sp³-hybridized carbons (Fsp3) is 0.133. The molecule has 1 atom stereocenters. The predicted octanol–water partition coefficient (Wildman–Crippen LogP) is 3.43. The topological polar surface area (TPSA) is 53.2 Å². The third kappa shape index (κ3) is 3.57. The predicted molar refractivity (Wildman–Crippen MR) is 75.8 cm³/mol. The van der Waals surface area contributed by atoms with Gasteiger partial charge in [-0.3, -0.25) is 0 Å². The average molecular weight is 318 g/mol. The number of para-hydroxylation sites is 1. The summed E-state index contributed by atoms with van der Waals surface area (Å²) in [5.41, 5.74) is 1.30. The minimum absolute atomic E-state index is 0.161. The summed E-state index contributed by atoms with van der Waals surface area (Å²) >= 11 is 3.38. The van der Waals surface area contributed by atoms with Crippen LogP contribution in [-0.2, 0) is 0 Å². The molecule has 0 aliphatic heterocycles. The molecule has 2 aromatic rings. The Morgan fingerprint density at radius 3 is 2.47 bits per heavy atom. The second kappa shape index (κ2) is 6.37. The van der Waals surface area contributed by atoms with Crippen LogP contribution in [-0.4, -0.2) is 11.7 Å². The van der Waals surface area contributed by atoms with Crippen LogP contribution in [0.5, 0.6) is 5.75 Å². The van der Waals surface area contributed by atoms with E-state index in [1.54, 1.807) is 24.3 Å². The molecule has 0 bridgehead atoms. The van der Waals surface area contributed by atoms with E-state index >= 15 is 0 Å². The Kier molecular flexibility index (Phi) is 4.56. The number of halogens is 1. The quantitative estimate of drug-likeness (QED) is 0.939. The molecule has 0 amide bonds. The van der Waals surface area contributed by atoms with Crippen molar-refractivity contribution in [2.45, 2.75) is 6.10 Å². The van der Waals surface area contributed by atoms with Gasteiger partial charge in [-0.05, 0) is 45.8 Å². The van der Waals surface area contributed by atoms with Crippen molar-refractivity contribution in [1.29, 1.82) is 5.26 Å². The molecule has 0 saturated carbocycles. The lowest BCUT2D eigenvalue weighted by atomic mass is 10.1. The largest absolute Gasteiger partial charge is 0.489 e. The molecule has 0 aliphatic rings. The number of benzene rings is 2. The van der Waals surface area contributed by atoms with E-state index in [-0.39, 0.29) is 6.61 Å². The van der Waals surface area contributed by atoms with Crippen molar-refractivity contribution in [1.82, 2.24) is 0 Å². The van der Waals surface area contributed by atoms with Crippen LogP contribution in [0.1, 0.15) is 17.2 Å². The third-order valence-corrected chi connectivity index (χ3v) is 3.31. The zero-order valence-electron chi connectivity index (χ0n) is 10.1. The van der Waals surface area contributed by atoms with Crippen LogP contribution >= 0.6 is 15.9 Å². The van der Waals surface area contributed by atoms with Crippen molar-refractivity contribution in [3.63, 3.8) is 0 Å². The number of aliphatic hydroxyl groups excluding tert-OH is 1. The highest BCUT2D eigenvalue weighted by atomic mass is 79.9. The molecule has 0 spiro atoms. The minimum Gasteiger partial charge on any atom is -0.489 e. The standard InChI is InChI=1S/C15H12BrNO2/c16-13-3-1-2-4-15(13)19-10-14(18)12-7-5-11(9-17)6-8-12/h1-8,14,18H,10H2. The van der Waals surface area contributed by atoms with Gasteiger partial charge in [0.05, 0.1) is 16.1 Å². The lowest BCUT2D eigenvalue weighted by Crippen LogP contribution is -2.09.